The highest BCUT2D eigenvalue weighted by atomic mass is 16.5. The van der Waals surface area contributed by atoms with Crippen molar-refractivity contribution in [3.05, 3.63) is 0 Å². The molecule has 0 aliphatic heterocycles. The Morgan fingerprint density at radius 1 is 0.875 bits per heavy atom. The van der Waals surface area contributed by atoms with Gasteiger partial charge in [0.15, 0.2) is 5.78 Å². The third-order valence-corrected chi connectivity index (χ3v) is 3.56. The lowest BCUT2D eigenvalue weighted by molar-refractivity contribution is -0.131. The Morgan fingerprint density at radius 3 is 2.08 bits per heavy atom. The molecule has 0 radical (unpaired) electrons. The van der Waals surface area contributed by atoms with Gasteiger partial charge in [0, 0.05) is 25.0 Å². The van der Waals surface area contributed by atoms with Gasteiger partial charge in [-0.3, -0.25) is 9.59 Å². The van der Waals surface area contributed by atoms with Crippen molar-refractivity contribution in [2.45, 2.75) is 67.2 Å². The topological polar surface area (TPSA) is 64.6 Å². The van der Waals surface area contributed by atoms with Gasteiger partial charge in [-0.25, -0.2) is 0 Å². The first kappa shape index (κ1) is 23.1. The van der Waals surface area contributed by atoms with Crippen LogP contribution in [0.25, 0.3) is 0 Å². The van der Waals surface area contributed by atoms with Gasteiger partial charge in [0.2, 0.25) is 5.91 Å². The molecule has 142 valence electrons. The number of carbonyl (C=O) groups excluding carboxylic acids is 2. The first-order chi connectivity index (χ1) is 11.0. The van der Waals surface area contributed by atoms with Gasteiger partial charge in [-0.2, -0.15) is 0 Å². The SMILES string of the molecule is CC(C)(C)CCCNC(=O)CCCOCCOCC(=O)C(C)(C)C. The molecule has 0 fully saturated rings. The van der Waals surface area contributed by atoms with Crippen LogP contribution in [0.5, 0.6) is 0 Å². The predicted molar refractivity (Wildman–Crippen MR) is 97.0 cm³/mol. The number of ether oxygens (including phenoxy) is 2. The highest BCUT2D eigenvalue weighted by molar-refractivity contribution is 5.84. The van der Waals surface area contributed by atoms with Crippen molar-refractivity contribution in [2.24, 2.45) is 10.8 Å². The Kier molecular flexibility index (Phi) is 11.1. The minimum absolute atomic E-state index is 0.0829. The number of hydrogen-bond acceptors (Lipinski definition) is 4. The van der Waals surface area contributed by atoms with Crippen LogP contribution in [0.3, 0.4) is 0 Å². The van der Waals surface area contributed by atoms with Gasteiger partial charge < -0.3 is 14.8 Å². The number of rotatable bonds is 12. The second kappa shape index (κ2) is 11.6. The number of Topliss-reactive ketones (excluding diaryl/α,β-unsaturated/α-hetero) is 1. The maximum atomic E-state index is 11.6. The molecule has 0 aromatic rings. The van der Waals surface area contributed by atoms with E-state index < -0.39 is 0 Å². The Hall–Kier alpha value is -0.940. The lowest BCUT2D eigenvalue weighted by Crippen LogP contribution is -2.26. The Morgan fingerprint density at radius 2 is 1.50 bits per heavy atom. The monoisotopic (exact) mass is 343 g/mol. The molecular weight excluding hydrogens is 306 g/mol. The summed E-state index contributed by atoms with van der Waals surface area (Å²) in [5.41, 5.74) is -0.0424. The zero-order valence-corrected chi connectivity index (χ0v) is 16.5. The molecule has 0 rings (SSSR count). The van der Waals surface area contributed by atoms with Crippen LogP contribution in [0.1, 0.15) is 67.2 Å². The summed E-state index contributed by atoms with van der Waals surface area (Å²) in [6.45, 7) is 14.5. The Bertz CT molecular complexity index is 367. The first-order valence-electron chi connectivity index (χ1n) is 8.98. The van der Waals surface area contributed by atoms with Crippen molar-refractivity contribution in [1.82, 2.24) is 5.32 Å². The molecule has 24 heavy (non-hydrogen) atoms. The minimum Gasteiger partial charge on any atom is -0.379 e. The normalized spacial score (nSPS) is 12.2. The summed E-state index contributed by atoms with van der Waals surface area (Å²) in [4.78, 5) is 23.3. The smallest absolute Gasteiger partial charge is 0.220 e. The van der Waals surface area contributed by atoms with Gasteiger partial charge in [0.25, 0.3) is 0 Å². The van der Waals surface area contributed by atoms with Crippen molar-refractivity contribution in [1.29, 1.82) is 0 Å². The van der Waals surface area contributed by atoms with Gasteiger partial charge in [-0.1, -0.05) is 41.5 Å². The highest BCUT2D eigenvalue weighted by Gasteiger charge is 2.20. The molecule has 5 heteroatoms. The maximum Gasteiger partial charge on any atom is 0.220 e. The molecule has 5 nitrogen and oxygen atoms in total. The Labute approximate surface area is 147 Å². The van der Waals surface area contributed by atoms with Gasteiger partial charge in [-0.05, 0) is 24.7 Å². The summed E-state index contributed by atoms with van der Waals surface area (Å²) in [5.74, 6) is 0.171. The molecule has 0 heterocycles. The summed E-state index contributed by atoms with van der Waals surface area (Å²) in [6, 6.07) is 0. The van der Waals surface area contributed by atoms with Gasteiger partial charge in [-0.15, -0.1) is 0 Å². The Balaban J connectivity index is 3.41. The van der Waals surface area contributed by atoms with E-state index in [-0.39, 0.29) is 23.7 Å². The van der Waals surface area contributed by atoms with Crippen LogP contribution in [-0.2, 0) is 19.1 Å². The lowest BCUT2D eigenvalue weighted by atomic mass is 9.91. The summed E-state index contributed by atoms with van der Waals surface area (Å²) < 4.78 is 10.7. The zero-order chi connectivity index (χ0) is 18.6. The van der Waals surface area contributed by atoms with Gasteiger partial charge in [0.05, 0.1) is 13.2 Å². The summed E-state index contributed by atoms with van der Waals surface area (Å²) in [5, 5.41) is 2.94. The average Bonchev–Trinajstić information content (AvgIpc) is 2.44. The minimum atomic E-state index is -0.360. The van der Waals surface area contributed by atoms with Crippen LogP contribution in [0, 0.1) is 10.8 Å². The van der Waals surface area contributed by atoms with E-state index in [0.29, 0.717) is 38.1 Å². The van der Waals surface area contributed by atoms with Gasteiger partial charge in [0.1, 0.15) is 6.61 Å². The average molecular weight is 344 g/mol. The molecule has 0 spiro atoms. The van der Waals surface area contributed by atoms with Crippen molar-refractivity contribution < 1.29 is 19.1 Å². The van der Waals surface area contributed by atoms with E-state index in [2.05, 4.69) is 26.1 Å². The standard InChI is InChI=1S/C19H37NO4/c1-18(2,3)10-8-11-20-17(22)9-7-12-23-13-14-24-15-16(21)19(4,5)6/h7-15H2,1-6H3,(H,20,22). The molecule has 0 aromatic carbocycles. The summed E-state index contributed by atoms with van der Waals surface area (Å²) in [7, 11) is 0. The number of carbonyl (C=O) groups is 2. The van der Waals surface area contributed by atoms with E-state index in [1.54, 1.807) is 0 Å². The van der Waals surface area contributed by atoms with Crippen molar-refractivity contribution in [3.63, 3.8) is 0 Å². The molecule has 1 N–H and O–H groups in total. The van der Waals surface area contributed by atoms with Crippen LogP contribution in [0.15, 0.2) is 0 Å². The van der Waals surface area contributed by atoms with Crippen LogP contribution in [0.4, 0.5) is 0 Å². The van der Waals surface area contributed by atoms with Crippen molar-refractivity contribution in [2.75, 3.05) is 33.0 Å². The van der Waals surface area contributed by atoms with Gasteiger partial charge >= 0.3 is 0 Å². The molecular formula is C19H37NO4. The number of nitrogens with one attached hydrogen (secondary N) is 1. The fraction of sp³-hybridized carbons (Fsp3) is 0.895. The molecule has 0 saturated heterocycles. The molecule has 1 amide bonds. The van der Waals surface area contributed by atoms with E-state index in [0.717, 1.165) is 19.4 Å². The van der Waals surface area contributed by atoms with E-state index in [4.69, 9.17) is 9.47 Å². The molecule has 0 aromatic heterocycles. The molecule has 0 unspecified atom stereocenters. The first-order valence-corrected chi connectivity index (χ1v) is 8.98. The summed E-state index contributed by atoms with van der Waals surface area (Å²) >= 11 is 0. The van der Waals surface area contributed by atoms with Crippen LogP contribution < -0.4 is 5.32 Å². The van der Waals surface area contributed by atoms with Crippen LogP contribution in [-0.4, -0.2) is 44.7 Å². The predicted octanol–water partition coefficient (Wildman–Crippen LogP) is 3.36. The van der Waals surface area contributed by atoms with Crippen molar-refractivity contribution in [3.8, 4) is 0 Å². The van der Waals surface area contributed by atoms with Crippen LogP contribution >= 0.6 is 0 Å². The third-order valence-electron chi connectivity index (χ3n) is 3.56. The largest absolute Gasteiger partial charge is 0.379 e. The second-order valence-corrected chi connectivity index (χ2v) is 8.46. The van der Waals surface area contributed by atoms with Crippen molar-refractivity contribution >= 4 is 11.7 Å². The fourth-order valence-corrected chi connectivity index (χ4v) is 1.87. The van der Waals surface area contributed by atoms with E-state index in [1.165, 1.54) is 0 Å². The number of hydrogen-bond donors (Lipinski definition) is 1. The molecule has 0 atom stereocenters. The molecule has 0 saturated carbocycles. The number of amides is 1. The maximum absolute atomic E-state index is 11.6. The molecule has 0 aliphatic rings. The molecule has 0 aliphatic carbocycles. The second-order valence-electron chi connectivity index (χ2n) is 8.46. The number of ketones is 1. The fourth-order valence-electron chi connectivity index (χ4n) is 1.87. The lowest BCUT2D eigenvalue weighted by Gasteiger charge is -2.17. The molecule has 0 bridgehead atoms. The highest BCUT2D eigenvalue weighted by Crippen LogP contribution is 2.19. The summed E-state index contributed by atoms with van der Waals surface area (Å²) in [6.07, 6.45) is 3.30. The van der Waals surface area contributed by atoms with E-state index >= 15 is 0 Å². The zero-order valence-electron chi connectivity index (χ0n) is 16.5. The third kappa shape index (κ3) is 14.6. The van der Waals surface area contributed by atoms with E-state index in [9.17, 15) is 9.59 Å². The quantitative estimate of drug-likeness (QED) is 0.552. The van der Waals surface area contributed by atoms with Crippen LogP contribution in [0.2, 0.25) is 0 Å². The van der Waals surface area contributed by atoms with E-state index in [1.807, 2.05) is 20.8 Å².